The van der Waals surface area contributed by atoms with Gasteiger partial charge in [0.15, 0.2) is 0 Å². The van der Waals surface area contributed by atoms with E-state index in [1.165, 1.54) is 6.07 Å². The second-order valence-electron chi connectivity index (χ2n) is 11.1. The van der Waals surface area contributed by atoms with Crippen molar-refractivity contribution in [1.29, 1.82) is 0 Å². The van der Waals surface area contributed by atoms with Crippen LogP contribution in [0.15, 0.2) is 18.3 Å². The van der Waals surface area contributed by atoms with Crippen LogP contribution in [0.2, 0.25) is 0 Å². The Balaban J connectivity index is 0.00000302. The fraction of sp³-hybridized carbons (Fsp3) is 0.483. The maximum atomic E-state index is 15.3. The molecule has 2 aromatic carbocycles. The summed E-state index contributed by atoms with van der Waals surface area (Å²) in [6, 6.07) is 4.81. The zero-order chi connectivity index (χ0) is 27.5. The zero-order valence-electron chi connectivity index (χ0n) is 23.1. The van der Waals surface area contributed by atoms with Gasteiger partial charge in [0.1, 0.15) is 0 Å². The van der Waals surface area contributed by atoms with Crippen molar-refractivity contribution in [3.63, 3.8) is 0 Å². The molecule has 2 aliphatic heterocycles. The van der Waals surface area contributed by atoms with E-state index in [-0.39, 0.29) is 32.3 Å². The number of piperazine rings is 1. The van der Waals surface area contributed by atoms with Crippen LogP contribution in [-0.2, 0) is 25.2 Å². The minimum atomic E-state index is -0.303. The second kappa shape index (κ2) is 11.6. The minimum absolute atomic E-state index is 0. The Morgan fingerprint density at radius 1 is 1.20 bits per heavy atom. The van der Waals surface area contributed by atoms with Crippen molar-refractivity contribution in [1.82, 2.24) is 25.5 Å². The molecule has 1 N–H and O–H groups in total. The van der Waals surface area contributed by atoms with Crippen LogP contribution in [0.5, 0.6) is 11.8 Å². The smallest absolute Gasteiger partial charge is 0 e. The summed E-state index contributed by atoms with van der Waals surface area (Å²) in [6.45, 7) is 5.91. The number of nitrogens with one attached hydrogen (secondary N) is 1. The first-order valence-electron chi connectivity index (χ1n) is 13.9. The van der Waals surface area contributed by atoms with Crippen molar-refractivity contribution < 1.29 is 39.0 Å². The molecule has 3 unspecified atom stereocenters. The van der Waals surface area contributed by atoms with Crippen molar-refractivity contribution in [2.24, 2.45) is 0 Å². The van der Waals surface area contributed by atoms with E-state index in [0.717, 1.165) is 91.4 Å². The summed E-state index contributed by atoms with van der Waals surface area (Å²) in [6.07, 6.45) is 4.87. The molecule has 3 aliphatic rings. The predicted octanol–water partition coefficient (Wildman–Crippen LogP) is 3.59. The molecule has 1 saturated carbocycles. The molecular formula is C29H31FN6O3PbPd-. The molecule has 2 saturated heterocycles. The van der Waals surface area contributed by atoms with E-state index < -0.39 is 0 Å². The van der Waals surface area contributed by atoms with Gasteiger partial charge in [0.2, 0.25) is 0 Å². The van der Waals surface area contributed by atoms with Gasteiger partial charge in [0, 0.05) is 20.4 Å². The third-order valence-corrected chi connectivity index (χ3v) is 9.05. The molecule has 0 amide bonds. The van der Waals surface area contributed by atoms with Crippen LogP contribution in [0.4, 0.5) is 10.2 Å². The molecule has 4 aromatic rings. The summed E-state index contributed by atoms with van der Waals surface area (Å²) in [5, 5.41) is 13.7. The number of rotatable bonds is 9. The van der Waals surface area contributed by atoms with Crippen LogP contribution in [0.1, 0.15) is 43.2 Å². The third kappa shape index (κ3) is 5.15. The van der Waals surface area contributed by atoms with Gasteiger partial charge in [-0.15, -0.1) is 0 Å². The van der Waals surface area contributed by atoms with E-state index in [9.17, 15) is 0 Å². The fourth-order valence-electron chi connectivity index (χ4n) is 6.21. The molecule has 41 heavy (non-hydrogen) atoms. The number of nitrogens with zero attached hydrogens (tertiary/aromatic N) is 5. The first-order valence-corrected chi connectivity index (χ1v) is 16.6. The molecular weight excluding hydrogens is 813 g/mol. The first kappa shape index (κ1) is 29.2. The quantitative estimate of drug-likeness (QED) is 0.254. The maximum Gasteiger partial charge on any atom is 0 e. The van der Waals surface area contributed by atoms with Gasteiger partial charge in [-0.3, -0.25) is 0 Å². The predicted molar refractivity (Wildman–Crippen MR) is 151 cm³/mol. The number of halogens is 1. The maximum absolute atomic E-state index is 15.3. The number of anilines is 1. The van der Waals surface area contributed by atoms with E-state index in [1.807, 2.05) is 13.8 Å². The second-order valence-corrected chi connectivity index (χ2v) is 12.2. The molecule has 3 radical (unpaired) electrons. The van der Waals surface area contributed by atoms with Gasteiger partial charge in [0.05, 0.1) is 0 Å². The van der Waals surface area contributed by atoms with Crippen molar-refractivity contribution in [2.45, 2.75) is 57.2 Å². The van der Waals surface area contributed by atoms with Crippen molar-refractivity contribution in [3.8, 4) is 22.9 Å². The number of aromatic nitrogens is 4. The zero-order valence-corrected chi connectivity index (χ0v) is 28.6. The number of fused-ring (bicyclic) bond motifs is 4. The minimum Gasteiger partial charge on any atom is 0 e. The van der Waals surface area contributed by atoms with E-state index in [2.05, 4.69) is 26.5 Å². The molecule has 9 nitrogen and oxygen atoms in total. The average Bonchev–Trinajstić information content (AvgIpc) is 3.32. The van der Waals surface area contributed by atoms with Gasteiger partial charge in [-0.25, -0.2) is 0 Å². The van der Waals surface area contributed by atoms with Gasteiger partial charge in [0.25, 0.3) is 0 Å². The SMILES string of the molecule is COC(C)COc1nc(N2CC3CC2CN3)c2cc(C3CC3)c(-c3c(C)c(F)cc4n[n-]cc34)c(O[CH2][Pb])c2n1.[Pd]. The summed E-state index contributed by atoms with van der Waals surface area (Å²) in [5.74, 6) is 1.61. The number of benzene rings is 2. The van der Waals surface area contributed by atoms with E-state index >= 15 is 4.39 Å². The van der Waals surface area contributed by atoms with Crippen LogP contribution in [-0.4, -0.2) is 90.0 Å². The van der Waals surface area contributed by atoms with Gasteiger partial charge < -0.3 is 0 Å². The number of methoxy groups -OCH3 is 1. The van der Waals surface area contributed by atoms with Crippen LogP contribution in [0.25, 0.3) is 32.9 Å². The van der Waals surface area contributed by atoms with Gasteiger partial charge in [-0.05, 0) is 0 Å². The summed E-state index contributed by atoms with van der Waals surface area (Å²) in [7, 11) is 1.66. The Hall–Kier alpha value is -1.92. The fourth-order valence-corrected chi connectivity index (χ4v) is 6.77. The van der Waals surface area contributed by atoms with Crippen molar-refractivity contribution in [3.05, 3.63) is 35.3 Å². The summed E-state index contributed by atoms with van der Waals surface area (Å²) in [4.78, 5) is 12.3. The molecule has 3 fully saturated rings. The average molecular weight is 844 g/mol. The van der Waals surface area contributed by atoms with Crippen molar-refractivity contribution >= 4 is 53.4 Å². The summed E-state index contributed by atoms with van der Waals surface area (Å²) >= 11 is 0.831. The van der Waals surface area contributed by atoms with Gasteiger partial charge >= 0.3 is 249 Å². The largest absolute Gasteiger partial charge is 0 e. The standard InChI is InChI=1S/C29H31FN6O3.Pb.Pd/c1-14(37-3)13-39-29-33-26-20(28(34-29)36-12-17-7-18(36)10-31-17)8-19(16-5-6-16)25(27(26)38-4)24-15(2)22(30)9-23-21(24)11-32-35-23;;/h8-9,11,14,16-18,31H,4-7,10,12-13H2,1-3H3;;/q-1;;. The Morgan fingerprint density at radius 3 is 2.71 bits per heavy atom. The Bertz CT molecular complexity index is 1620. The Morgan fingerprint density at radius 2 is 2.02 bits per heavy atom. The summed E-state index contributed by atoms with van der Waals surface area (Å²) < 4.78 is 33.9. The van der Waals surface area contributed by atoms with Gasteiger partial charge in [-0.1, -0.05) is 0 Å². The molecule has 4 heterocycles. The van der Waals surface area contributed by atoms with E-state index in [0.29, 0.717) is 57.1 Å². The normalized spacial score (nSPS) is 20.6. The molecule has 7 rings (SSSR count). The molecule has 217 valence electrons. The van der Waals surface area contributed by atoms with E-state index in [4.69, 9.17) is 24.2 Å². The Kier molecular flexibility index (Phi) is 8.28. The molecule has 2 bridgehead atoms. The van der Waals surface area contributed by atoms with Crippen molar-refractivity contribution in [2.75, 3.05) is 35.9 Å². The molecule has 3 atom stereocenters. The van der Waals surface area contributed by atoms with Crippen LogP contribution in [0.3, 0.4) is 0 Å². The molecule has 2 aromatic heterocycles. The summed E-state index contributed by atoms with van der Waals surface area (Å²) in [5.41, 5.74) is 4.63. The molecule has 0 spiro atoms. The van der Waals surface area contributed by atoms with Crippen LogP contribution in [0, 0.1) is 12.7 Å². The van der Waals surface area contributed by atoms with Crippen LogP contribution < -0.4 is 24.8 Å². The molecule has 1 aliphatic carbocycles. The van der Waals surface area contributed by atoms with E-state index in [1.54, 1.807) is 13.3 Å². The molecule has 12 heteroatoms. The number of hydrogen-bond donors (Lipinski definition) is 1. The first-order chi connectivity index (χ1) is 19.5. The number of ether oxygens (including phenoxy) is 3. The monoisotopic (exact) mass is 844 g/mol. The third-order valence-electron chi connectivity index (χ3n) is 8.49. The topological polar surface area (TPSA) is 95.7 Å². The Labute approximate surface area is 267 Å². The van der Waals surface area contributed by atoms with Crippen LogP contribution >= 0.6 is 0 Å². The number of hydrogen-bond acceptors (Lipinski definition) is 8. The van der Waals surface area contributed by atoms with Gasteiger partial charge in [-0.2, -0.15) is 0 Å².